The van der Waals surface area contributed by atoms with E-state index in [1.165, 1.54) is 24.3 Å². The number of aliphatic carboxylic acids is 1. The number of hydrogen-bond donors (Lipinski definition) is 9. The molecule has 0 aliphatic heterocycles. The van der Waals surface area contributed by atoms with Gasteiger partial charge in [-0.05, 0) is 30.5 Å². The molecule has 0 aliphatic carbocycles. The van der Waals surface area contributed by atoms with Gasteiger partial charge in [-0.25, -0.2) is 4.79 Å². The van der Waals surface area contributed by atoms with Gasteiger partial charge in [0.2, 0.25) is 35.4 Å². The summed E-state index contributed by atoms with van der Waals surface area (Å²) in [7, 11) is 0. The molecule has 0 fully saturated rings. The Morgan fingerprint density at radius 2 is 1.13 bits per heavy atom. The number of primary amides is 3. The van der Waals surface area contributed by atoms with Gasteiger partial charge in [0.15, 0.2) is 0 Å². The third-order valence-corrected chi connectivity index (χ3v) is 5.37. The molecule has 4 atom stereocenters. The lowest BCUT2D eigenvalue weighted by Crippen LogP contribution is -2.57. The number of benzene rings is 1. The molecule has 0 radical (unpaired) electrons. The standard InChI is InChI=1S/C23H33N7O9/c24-13(10-19(27)34)20(35)28-14(5-7-17(25)32)21(36)29-15(6-8-18(26)33)22(37)30-16(23(38)39)9-11-1-3-12(31)4-2-11/h1-4,13-16,31H,5-10,24H2,(H2,25,32)(H2,26,33)(H2,27,34)(H,28,35)(H,29,36)(H,30,37)(H,38,39). The lowest BCUT2D eigenvalue weighted by molar-refractivity contribution is -0.142. The minimum Gasteiger partial charge on any atom is -0.508 e. The van der Waals surface area contributed by atoms with Gasteiger partial charge in [0, 0.05) is 19.3 Å². The van der Waals surface area contributed by atoms with Crippen LogP contribution in [0.4, 0.5) is 0 Å². The smallest absolute Gasteiger partial charge is 0.326 e. The van der Waals surface area contributed by atoms with Crippen LogP contribution in [0.3, 0.4) is 0 Å². The minimum absolute atomic E-state index is 0.0440. The zero-order chi connectivity index (χ0) is 29.7. The van der Waals surface area contributed by atoms with Crippen molar-refractivity contribution >= 4 is 41.4 Å². The molecule has 0 heterocycles. The molecule has 1 aromatic rings. The second-order valence-electron chi connectivity index (χ2n) is 8.68. The molecule has 0 bridgehead atoms. The quantitative estimate of drug-likeness (QED) is 0.0909. The molecule has 16 heteroatoms. The monoisotopic (exact) mass is 551 g/mol. The SMILES string of the molecule is NC(=O)CCC(NC(=O)C(N)CC(N)=O)C(=O)NC(CCC(N)=O)C(=O)NC(Cc1ccc(O)cc1)C(=O)O. The highest BCUT2D eigenvalue weighted by atomic mass is 16.4. The van der Waals surface area contributed by atoms with E-state index in [9.17, 15) is 43.8 Å². The van der Waals surface area contributed by atoms with Crippen molar-refractivity contribution < 1.29 is 43.8 Å². The van der Waals surface area contributed by atoms with Crippen LogP contribution in [0.5, 0.6) is 5.75 Å². The summed E-state index contributed by atoms with van der Waals surface area (Å²) in [6, 6.07) is -0.191. The first-order valence-electron chi connectivity index (χ1n) is 11.7. The third-order valence-electron chi connectivity index (χ3n) is 5.37. The van der Waals surface area contributed by atoms with Gasteiger partial charge >= 0.3 is 5.97 Å². The normalized spacial score (nSPS) is 13.7. The van der Waals surface area contributed by atoms with Crippen molar-refractivity contribution in [3.63, 3.8) is 0 Å². The maximum Gasteiger partial charge on any atom is 0.326 e. The third kappa shape index (κ3) is 12.4. The molecule has 0 aliphatic rings. The van der Waals surface area contributed by atoms with E-state index in [1.54, 1.807) is 0 Å². The molecule has 16 nitrogen and oxygen atoms in total. The fourth-order valence-electron chi connectivity index (χ4n) is 3.31. The summed E-state index contributed by atoms with van der Waals surface area (Å²) in [4.78, 5) is 83.7. The van der Waals surface area contributed by atoms with Crippen molar-refractivity contribution in [1.29, 1.82) is 0 Å². The van der Waals surface area contributed by atoms with Gasteiger partial charge in [-0.2, -0.15) is 0 Å². The molecular weight excluding hydrogens is 518 g/mol. The maximum absolute atomic E-state index is 13.0. The molecule has 0 spiro atoms. The molecule has 0 aromatic heterocycles. The van der Waals surface area contributed by atoms with Crippen LogP contribution >= 0.6 is 0 Å². The second kappa shape index (κ2) is 15.5. The summed E-state index contributed by atoms with van der Waals surface area (Å²) in [6.45, 7) is 0. The summed E-state index contributed by atoms with van der Waals surface area (Å²) < 4.78 is 0. The highest BCUT2D eigenvalue weighted by Crippen LogP contribution is 2.12. The molecule has 6 amide bonds. The van der Waals surface area contributed by atoms with E-state index < -0.39 is 72.0 Å². The van der Waals surface area contributed by atoms with E-state index in [4.69, 9.17) is 22.9 Å². The van der Waals surface area contributed by atoms with Crippen molar-refractivity contribution in [3.8, 4) is 5.75 Å². The Hall–Kier alpha value is -4.73. The first-order valence-corrected chi connectivity index (χ1v) is 11.7. The number of carboxylic acid groups (broad SMARTS) is 1. The molecule has 0 saturated carbocycles. The predicted octanol–water partition coefficient (Wildman–Crippen LogP) is -3.79. The van der Waals surface area contributed by atoms with Gasteiger partial charge in [0.1, 0.15) is 23.9 Å². The largest absolute Gasteiger partial charge is 0.508 e. The van der Waals surface area contributed by atoms with E-state index in [2.05, 4.69) is 16.0 Å². The number of hydrogen-bond acceptors (Lipinski definition) is 9. The van der Waals surface area contributed by atoms with Gasteiger partial charge in [0.05, 0.1) is 12.5 Å². The van der Waals surface area contributed by atoms with E-state index in [0.717, 1.165) is 0 Å². The Bertz CT molecular complexity index is 1080. The zero-order valence-electron chi connectivity index (χ0n) is 20.9. The summed E-state index contributed by atoms with van der Waals surface area (Å²) in [5.74, 6) is -6.83. The Morgan fingerprint density at radius 3 is 1.54 bits per heavy atom. The van der Waals surface area contributed by atoms with Crippen LogP contribution in [-0.4, -0.2) is 75.8 Å². The van der Waals surface area contributed by atoms with Crippen molar-refractivity contribution in [2.75, 3.05) is 0 Å². The van der Waals surface area contributed by atoms with Crippen molar-refractivity contribution in [2.45, 2.75) is 62.7 Å². The van der Waals surface area contributed by atoms with Crippen LogP contribution in [0.15, 0.2) is 24.3 Å². The molecule has 13 N–H and O–H groups in total. The number of carboxylic acids is 1. The first-order chi connectivity index (χ1) is 18.2. The lowest BCUT2D eigenvalue weighted by Gasteiger charge is -2.25. The number of nitrogens with two attached hydrogens (primary N) is 4. The molecule has 1 rings (SSSR count). The zero-order valence-corrected chi connectivity index (χ0v) is 20.9. The fraction of sp³-hybridized carbons (Fsp3) is 0.435. The number of phenols is 1. The van der Waals surface area contributed by atoms with E-state index in [0.29, 0.717) is 5.56 Å². The minimum atomic E-state index is -1.47. The highest BCUT2D eigenvalue weighted by Gasteiger charge is 2.31. The second-order valence-corrected chi connectivity index (χ2v) is 8.68. The average Bonchev–Trinajstić information content (AvgIpc) is 2.83. The summed E-state index contributed by atoms with van der Waals surface area (Å²) in [5.41, 5.74) is 21.4. The number of aromatic hydroxyl groups is 1. The average molecular weight is 552 g/mol. The molecule has 39 heavy (non-hydrogen) atoms. The van der Waals surface area contributed by atoms with Crippen LogP contribution < -0.4 is 38.9 Å². The fourth-order valence-corrected chi connectivity index (χ4v) is 3.31. The van der Waals surface area contributed by atoms with Gasteiger partial charge in [-0.3, -0.25) is 28.8 Å². The van der Waals surface area contributed by atoms with Gasteiger partial charge in [-0.1, -0.05) is 12.1 Å². The first kappa shape index (κ1) is 32.3. The van der Waals surface area contributed by atoms with Crippen molar-refractivity contribution in [1.82, 2.24) is 16.0 Å². The number of carbonyl (C=O) groups is 7. The Balaban J connectivity index is 3.08. The molecule has 0 saturated heterocycles. The van der Waals surface area contributed by atoms with E-state index in [1.807, 2.05) is 0 Å². The number of nitrogens with one attached hydrogen (secondary N) is 3. The number of amides is 6. The summed E-state index contributed by atoms with van der Waals surface area (Å²) in [6.07, 6.45) is -2.05. The van der Waals surface area contributed by atoms with Crippen LogP contribution in [-0.2, 0) is 40.0 Å². The number of rotatable bonds is 17. The Labute approximate surface area is 222 Å². The van der Waals surface area contributed by atoms with Gasteiger partial charge in [0.25, 0.3) is 0 Å². The van der Waals surface area contributed by atoms with Gasteiger partial charge in [-0.15, -0.1) is 0 Å². The van der Waals surface area contributed by atoms with E-state index >= 15 is 0 Å². The van der Waals surface area contributed by atoms with Crippen molar-refractivity contribution in [3.05, 3.63) is 29.8 Å². The van der Waals surface area contributed by atoms with E-state index in [-0.39, 0.29) is 37.9 Å². The van der Waals surface area contributed by atoms with Crippen molar-refractivity contribution in [2.24, 2.45) is 22.9 Å². The maximum atomic E-state index is 13.0. The van der Waals surface area contributed by atoms with Crippen LogP contribution in [0, 0.1) is 0 Å². The van der Waals surface area contributed by atoms with Crippen LogP contribution in [0.1, 0.15) is 37.7 Å². The topological polar surface area (TPSA) is 300 Å². The molecular formula is C23H33N7O9. The Kier molecular flexibility index (Phi) is 12.8. The Morgan fingerprint density at radius 1 is 0.692 bits per heavy atom. The summed E-state index contributed by atoms with van der Waals surface area (Å²) >= 11 is 0. The van der Waals surface area contributed by atoms with Crippen LogP contribution in [0.2, 0.25) is 0 Å². The predicted molar refractivity (Wildman–Crippen MR) is 134 cm³/mol. The lowest BCUT2D eigenvalue weighted by atomic mass is 10.0. The number of phenolic OH excluding ortho intramolecular Hbond substituents is 1. The highest BCUT2D eigenvalue weighted by molar-refractivity contribution is 5.95. The molecule has 4 unspecified atom stereocenters. The number of carbonyl (C=O) groups excluding carboxylic acids is 6. The molecule has 214 valence electrons. The van der Waals surface area contributed by atoms with Crippen LogP contribution in [0.25, 0.3) is 0 Å². The molecule has 1 aromatic carbocycles. The summed E-state index contributed by atoms with van der Waals surface area (Å²) in [5, 5.41) is 25.8. The van der Waals surface area contributed by atoms with Gasteiger partial charge < -0.3 is 49.1 Å².